The lowest BCUT2D eigenvalue weighted by Crippen LogP contribution is -2.45. The highest BCUT2D eigenvalue weighted by Gasteiger charge is 2.30. The van der Waals surface area contributed by atoms with E-state index in [2.05, 4.69) is 11.6 Å². The van der Waals surface area contributed by atoms with Crippen molar-refractivity contribution < 1.29 is 13.7 Å². The normalized spacial score (nSPS) is 23.5. The van der Waals surface area contributed by atoms with Crippen molar-refractivity contribution in [3.8, 4) is 0 Å². The molecule has 1 N–H and O–H groups in total. The second kappa shape index (κ2) is 5.78. The van der Waals surface area contributed by atoms with Crippen LogP contribution in [0.1, 0.15) is 40.5 Å². The Morgan fingerprint density at radius 1 is 1.53 bits per heavy atom. The second-order valence-electron chi connectivity index (χ2n) is 5.15. The average molecular weight is 259 g/mol. The highest BCUT2D eigenvalue weighted by atomic mass is 32.2. The molecule has 98 valence electrons. The van der Waals surface area contributed by atoms with Crippen LogP contribution in [-0.4, -0.2) is 27.1 Å². The van der Waals surface area contributed by atoms with Crippen LogP contribution in [-0.2, 0) is 20.5 Å². The predicted molar refractivity (Wildman–Crippen MR) is 68.7 cm³/mol. The van der Waals surface area contributed by atoms with Crippen LogP contribution in [0.5, 0.6) is 0 Å². The zero-order valence-corrected chi connectivity index (χ0v) is 11.7. The molecule has 1 heterocycles. The third-order valence-electron chi connectivity index (χ3n) is 2.49. The van der Waals surface area contributed by atoms with Gasteiger partial charge < -0.3 is 4.74 Å². The summed E-state index contributed by atoms with van der Waals surface area (Å²) in [5.74, 6) is -0.320. The molecule has 1 aliphatic heterocycles. The molecule has 0 amide bonds. The number of carbonyl (C=O) groups is 1. The molecule has 0 aromatic carbocycles. The minimum atomic E-state index is -1.15. The van der Waals surface area contributed by atoms with E-state index in [-0.39, 0.29) is 22.9 Å². The fourth-order valence-corrected chi connectivity index (χ4v) is 2.40. The molecule has 0 aromatic rings. The Balaban J connectivity index is 2.64. The number of ether oxygens (including phenoxy) is 1. The van der Waals surface area contributed by atoms with E-state index >= 15 is 0 Å². The van der Waals surface area contributed by atoms with Crippen molar-refractivity contribution in [2.45, 2.75) is 57.4 Å². The highest BCUT2D eigenvalue weighted by molar-refractivity contribution is 7.84. The minimum absolute atomic E-state index is 0.0808. The molecule has 0 spiro atoms. The predicted octanol–water partition coefficient (Wildman–Crippen LogP) is 1.69. The van der Waals surface area contributed by atoms with Gasteiger partial charge in [-0.1, -0.05) is 13.3 Å². The molecule has 0 radical (unpaired) electrons. The molecular weight excluding hydrogens is 238 g/mol. The number of carbonyl (C=O) groups excluding carboxylic acids is 1. The van der Waals surface area contributed by atoms with E-state index in [1.165, 1.54) is 6.08 Å². The monoisotopic (exact) mass is 259 g/mol. The molecule has 5 heteroatoms. The molecule has 17 heavy (non-hydrogen) atoms. The van der Waals surface area contributed by atoms with Gasteiger partial charge in [0.2, 0.25) is 0 Å². The first-order chi connectivity index (χ1) is 7.84. The van der Waals surface area contributed by atoms with E-state index in [0.717, 1.165) is 12.8 Å². The number of hydrogen-bond acceptors (Lipinski definition) is 3. The average Bonchev–Trinajstić information content (AvgIpc) is 2.62. The first kappa shape index (κ1) is 14.4. The number of esters is 1. The highest BCUT2D eigenvalue weighted by Crippen LogP contribution is 2.17. The Morgan fingerprint density at radius 3 is 2.59 bits per heavy atom. The summed E-state index contributed by atoms with van der Waals surface area (Å²) in [4.78, 5) is 11.0. The summed E-state index contributed by atoms with van der Waals surface area (Å²) < 4.78 is 19.9. The van der Waals surface area contributed by atoms with Gasteiger partial charge in [0.1, 0.15) is 6.10 Å². The summed E-state index contributed by atoms with van der Waals surface area (Å²) in [5, 5.41) is 0. The number of cyclic esters (lactones) is 1. The summed E-state index contributed by atoms with van der Waals surface area (Å²) in [6.07, 6.45) is 4.63. The van der Waals surface area contributed by atoms with Crippen LogP contribution < -0.4 is 4.72 Å². The van der Waals surface area contributed by atoms with Crippen molar-refractivity contribution in [2.75, 3.05) is 0 Å². The van der Waals surface area contributed by atoms with Gasteiger partial charge >= 0.3 is 5.97 Å². The summed E-state index contributed by atoms with van der Waals surface area (Å²) in [5.41, 5.74) is 0. The van der Waals surface area contributed by atoms with Gasteiger partial charge in [-0.05, 0) is 33.3 Å². The number of rotatable bonds is 5. The maximum absolute atomic E-state index is 12.0. The standard InChI is InChI=1S/C12H21NO3S/c1-5-6-9(10-7-8-11(14)16-10)13-17(15)12(2,3)4/h7-10,13H,5-6H2,1-4H3/t9-,10-,17?/m0/s1. The van der Waals surface area contributed by atoms with Gasteiger partial charge in [0.15, 0.2) is 0 Å². The molecule has 1 unspecified atom stereocenters. The molecular formula is C12H21NO3S. The van der Waals surface area contributed by atoms with E-state index in [4.69, 9.17) is 4.74 Å². The van der Waals surface area contributed by atoms with Gasteiger partial charge in [0, 0.05) is 6.08 Å². The lowest BCUT2D eigenvalue weighted by molar-refractivity contribution is -0.139. The van der Waals surface area contributed by atoms with Gasteiger partial charge in [-0.15, -0.1) is 0 Å². The van der Waals surface area contributed by atoms with Crippen molar-refractivity contribution in [2.24, 2.45) is 0 Å². The largest absolute Gasteiger partial charge is 0.453 e. The van der Waals surface area contributed by atoms with E-state index in [0.29, 0.717) is 0 Å². The molecule has 0 aromatic heterocycles. The topological polar surface area (TPSA) is 55.4 Å². The SMILES string of the molecule is CCC[C@H](NS(=O)C(C)(C)C)[C@@H]1C=CC(=O)O1. The zero-order chi connectivity index (χ0) is 13.1. The van der Waals surface area contributed by atoms with Crippen molar-refractivity contribution in [1.82, 2.24) is 4.72 Å². The van der Waals surface area contributed by atoms with Crippen molar-refractivity contribution in [1.29, 1.82) is 0 Å². The van der Waals surface area contributed by atoms with Gasteiger partial charge in [-0.3, -0.25) is 0 Å². The van der Waals surface area contributed by atoms with Crippen LogP contribution in [0.3, 0.4) is 0 Å². The smallest absolute Gasteiger partial charge is 0.331 e. The maximum Gasteiger partial charge on any atom is 0.331 e. The van der Waals surface area contributed by atoms with Crippen LogP contribution in [0.2, 0.25) is 0 Å². The van der Waals surface area contributed by atoms with Crippen LogP contribution in [0.15, 0.2) is 12.2 Å². The van der Waals surface area contributed by atoms with Crippen molar-refractivity contribution >= 4 is 17.0 Å². The minimum Gasteiger partial charge on any atom is -0.453 e. The van der Waals surface area contributed by atoms with Crippen LogP contribution >= 0.6 is 0 Å². The lowest BCUT2D eigenvalue weighted by Gasteiger charge is -2.26. The Labute approximate surface area is 105 Å². The molecule has 0 saturated heterocycles. The van der Waals surface area contributed by atoms with Crippen LogP contribution in [0, 0.1) is 0 Å². The Kier molecular flexibility index (Phi) is 4.89. The summed E-state index contributed by atoms with van der Waals surface area (Å²) in [7, 11) is -1.15. The second-order valence-corrected chi connectivity index (χ2v) is 7.15. The summed E-state index contributed by atoms with van der Waals surface area (Å²) in [6.45, 7) is 7.79. The van der Waals surface area contributed by atoms with Crippen LogP contribution in [0.4, 0.5) is 0 Å². The summed E-state index contributed by atoms with van der Waals surface area (Å²) in [6, 6.07) is -0.0808. The quantitative estimate of drug-likeness (QED) is 0.764. The summed E-state index contributed by atoms with van der Waals surface area (Å²) >= 11 is 0. The third-order valence-corrected chi connectivity index (χ3v) is 4.11. The fraction of sp³-hybridized carbons (Fsp3) is 0.750. The van der Waals surface area contributed by atoms with Crippen molar-refractivity contribution in [3.63, 3.8) is 0 Å². The zero-order valence-electron chi connectivity index (χ0n) is 10.9. The van der Waals surface area contributed by atoms with E-state index < -0.39 is 11.0 Å². The first-order valence-electron chi connectivity index (χ1n) is 5.91. The molecule has 1 rings (SSSR count). The number of hydrogen-bond donors (Lipinski definition) is 1. The molecule has 0 bridgehead atoms. The molecule has 1 aliphatic rings. The molecule has 3 atom stereocenters. The molecule has 0 aliphatic carbocycles. The van der Waals surface area contributed by atoms with Crippen molar-refractivity contribution in [3.05, 3.63) is 12.2 Å². The van der Waals surface area contributed by atoms with Gasteiger partial charge in [-0.2, -0.15) is 0 Å². The Hall–Kier alpha value is -0.680. The van der Waals surface area contributed by atoms with Crippen LogP contribution in [0.25, 0.3) is 0 Å². The number of nitrogens with one attached hydrogen (secondary N) is 1. The van der Waals surface area contributed by atoms with Gasteiger partial charge in [0.05, 0.1) is 21.8 Å². The van der Waals surface area contributed by atoms with E-state index in [1.54, 1.807) is 6.08 Å². The van der Waals surface area contributed by atoms with Gasteiger partial charge in [-0.25, -0.2) is 13.7 Å². The molecule has 0 fully saturated rings. The first-order valence-corrected chi connectivity index (χ1v) is 7.06. The fourth-order valence-electron chi connectivity index (χ4n) is 1.52. The third kappa shape index (κ3) is 4.24. The Bertz CT molecular complexity index is 333. The van der Waals surface area contributed by atoms with Gasteiger partial charge in [0.25, 0.3) is 0 Å². The molecule has 0 saturated carbocycles. The molecule has 4 nitrogen and oxygen atoms in total. The van der Waals surface area contributed by atoms with E-state index in [9.17, 15) is 9.00 Å². The maximum atomic E-state index is 12.0. The Morgan fingerprint density at radius 2 is 2.18 bits per heavy atom. The lowest BCUT2D eigenvalue weighted by atomic mass is 10.1. The van der Waals surface area contributed by atoms with E-state index in [1.807, 2.05) is 20.8 Å².